The number of fused-ring (bicyclic) bond motifs is 1. The van der Waals surface area contributed by atoms with Gasteiger partial charge < -0.3 is 0 Å². The van der Waals surface area contributed by atoms with Crippen LogP contribution in [0.5, 0.6) is 0 Å². The molecule has 2 aromatic carbocycles. The highest BCUT2D eigenvalue weighted by Crippen LogP contribution is 2.47. The molecule has 2 saturated heterocycles. The first-order valence-electron chi connectivity index (χ1n) is 10.0. The van der Waals surface area contributed by atoms with E-state index >= 15 is 0 Å². The van der Waals surface area contributed by atoms with Crippen molar-refractivity contribution in [2.75, 3.05) is 9.96 Å². The van der Waals surface area contributed by atoms with Gasteiger partial charge in [0.25, 0.3) is 11.6 Å². The average Bonchev–Trinajstić information content (AvgIpc) is 3.31. The van der Waals surface area contributed by atoms with Crippen molar-refractivity contribution < 1.29 is 19.3 Å². The summed E-state index contributed by atoms with van der Waals surface area (Å²) < 4.78 is 0. The number of aryl methyl sites for hydroxylation is 1. The van der Waals surface area contributed by atoms with Crippen molar-refractivity contribution in [3.05, 3.63) is 94.3 Å². The number of pyridine rings is 1. The number of anilines is 2. The highest BCUT2D eigenvalue weighted by molar-refractivity contribution is 6.23. The Balaban J connectivity index is 1.58. The maximum absolute atomic E-state index is 13.5. The van der Waals surface area contributed by atoms with Gasteiger partial charge >= 0.3 is 0 Å². The van der Waals surface area contributed by atoms with Crippen LogP contribution in [-0.4, -0.2) is 27.8 Å². The average molecular weight is 430 g/mol. The molecule has 32 heavy (non-hydrogen) atoms. The minimum atomic E-state index is -1.04. The summed E-state index contributed by atoms with van der Waals surface area (Å²) in [6.45, 7) is 1.92. The molecule has 2 fully saturated rings. The molecule has 3 atom stereocenters. The second-order valence-corrected chi connectivity index (χ2v) is 7.73. The van der Waals surface area contributed by atoms with Gasteiger partial charge in [-0.25, -0.2) is 9.96 Å². The highest BCUT2D eigenvalue weighted by atomic mass is 16.7. The van der Waals surface area contributed by atoms with Crippen LogP contribution in [0.1, 0.15) is 17.2 Å². The van der Waals surface area contributed by atoms with E-state index in [2.05, 4.69) is 4.98 Å². The number of non-ortho nitro benzene ring substituents is 1. The van der Waals surface area contributed by atoms with Crippen LogP contribution in [0.15, 0.2) is 73.1 Å². The number of carbonyl (C=O) groups excluding carboxylic acids is 2. The van der Waals surface area contributed by atoms with E-state index < -0.39 is 28.9 Å². The van der Waals surface area contributed by atoms with Gasteiger partial charge in [-0.15, -0.1) is 0 Å². The van der Waals surface area contributed by atoms with Crippen LogP contribution in [0.25, 0.3) is 0 Å². The number of rotatable bonds is 4. The molecule has 5 rings (SSSR count). The molecule has 0 radical (unpaired) electrons. The summed E-state index contributed by atoms with van der Waals surface area (Å²) in [6, 6.07) is 15.9. The molecule has 2 aliphatic heterocycles. The number of aromatic nitrogens is 1. The molecule has 0 N–H and O–H groups in total. The minimum absolute atomic E-state index is 0.115. The summed E-state index contributed by atoms with van der Waals surface area (Å²) in [5.74, 6) is -1.65. The van der Waals surface area contributed by atoms with Gasteiger partial charge in [0.05, 0.1) is 22.3 Å². The monoisotopic (exact) mass is 430 g/mol. The Morgan fingerprint density at radius 3 is 2.38 bits per heavy atom. The molecule has 0 saturated carbocycles. The van der Waals surface area contributed by atoms with Gasteiger partial charge in [-0.2, -0.15) is 0 Å². The fraction of sp³-hybridized carbons (Fsp3) is 0.174. The molecule has 1 aromatic heterocycles. The number of benzene rings is 2. The van der Waals surface area contributed by atoms with Crippen LogP contribution in [0.3, 0.4) is 0 Å². The van der Waals surface area contributed by atoms with E-state index in [0.717, 1.165) is 10.5 Å². The molecular formula is C23H18N4O5. The molecule has 9 nitrogen and oxygen atoms in total. The molecular weight excluding hydrogens is 412 g/mol. The predicted octanol–water partition coefficient (Wildman–Crippen LogP) is 3.35. The number of hydroxylamine groups is 1. The Bertz CT molecular complexity index is 1210. The fourth-order valence-electron chi connectivity index (χ4n) is 4.23. The summed E-state index contributed by atoms with van der Waals surface area (Å²) in [5, 5.41) is 12.7. The first-order chi connectivity index (χ1) is 15.5. The van der Waals surface area contributed by atoms with E-state index in [-0.39, 0.29) is 11.6 Å². The number of nitro benzene ring substituents is 1. The number of nitrogens with zero attached hydrogens (tertiary/aromatic N) is 4. The number of nitro groups is 1. The first-order valence-corrected chi connectivity index (χ1v) is 10.0. The fourth-order valence-corrected chi connectivity index (χ4v) is 4.23. The molecule has 0 spiro atoms. The van der Waals surface area contributed by atoms with E-state index in [1.807, 2.05) is 19.1 Å². The molecule has 2 amide bonds. The summed E-state index contributed by atoms with van der Waals surface area (Å²) in [5.41, 5.74) is 2.48. The number of hydrogen-bond acceptors (Lipinski definition) is 7. The summed E-state index contributed by atoms with van der Waals surface area (Å²) in [6.07, 6.45) is 2.14. The van der Waals surface area contributed by atoms with Crippen molar-refractivity contribution in [2.45, 2.75) is 19.1 Å². The van der Waals surface area contributed by atoms with Crippen molar-refractivity contribution in [1.82, 2.24) is 4.98 Å². The molecule has 3 heterocycles. The van der Waals surface area contributed by atoms with Crippen LogP contribution in [0, 0.1) is 23.0 Å². The predicted molar refractivity (Wildman–Crippen MR) is 115 cm³/mol. The first kappa shape index (κ1) is 19.8. The standard InChI is InChI=1S/C23H18N4O5/c1-14-5-7-16(8-6-14)25-22(28)19-20(15-9-11-24-12-10-15)26(32-21(19)23(25)29)17-3-2-4-18(13-17)27(30)31/h2-13,19-21H,1H3/t19-,20+,21+/m0/s1. The van der Waals surface area contributed by atoms with Gasteiger partial charge in [-0.05, 0) is 42.8 Å². The third kappa shape index (κ3) is 3.10. The Morgan fingerprint density at radius 2 is 1.69 bits per heavy atom. The Morgan fingerprint density at radius 1 is 0.969 bits per heavy atom. The lowest BCUT2D eigenvalue weighted by molar-refractivity contribution is -0.384. The lowest BCUT2D eigenvalue weighted by Crippen LogP contribution is -2.37. The van der Waals surface area contributed by atoms with Crippen molar-refractivity contribution in [3.63, 3.8) is 0 Å². The summed E-state index contributed by atoms with van der Waals surface area (Å²) in [4.78, 5) is 48.7. The Labute approximate surface area is 183 Å². The van der Waals surface area contributed by atoms with Gasteiger partial charge in [0.15, 0.2) is 6.10 Å². The molecule has 3 aromatic rings. The second-order valence-electron chi connectivity index (χ2n) is 7.73. The van der Waals surface area contributed by atoms with Gasteiger partial charge in [-0.3, -0.25) is 29.5 Å². The largest absolute Gasteiger partial charge is 0.273 e. The topological polar surface area (TPSA) is 106 Å². The van der Waals surface area contributed by atoms with E-state index in [4.69, 9.17) is 4.84 Å². The van der Waals surface area contributed by atoms with Crippen molar-refractivity contribution in [1.29, 1.82) is 0 Å². The van der Waals surface area contributed by atoms with Gasteiger partial charge in [0, 0.05) is 24.5 Å². The van der Waals surface area contributed by atoms with E-state index in [1.165, 1.54) is 23.3 Å². The number of imide groups is 1. The van der Waals surface area contributed by atoms with Crippen molar-refractivity contribution in [3.8, 4) is 0 Å². The zero-order valence-electron chi connectivity index (χ0n) is 17.0. The smallest absolute Gasteiger partial charge is 0.271 e. The number of carbonyl (C=O) groups is 2. The van der Waals surface area contributed by atoms with Crippen LogP contribution in [0.4, 0.5) is 17.1 Å². The van der Waals surface area contributed by atoms with E-state index in [9.17, 15) is 19.7 Å². The van der Waals surface area contributed by atoms with Crippen LogP contribution in [0.2, 0.25) is 0 Å². The van der Waals surface area contributed by atoms with E-state index in [1.54, 1.807) is 42.7 Å². The zero-order chi connectivity index (χ0) is 22.4. The Kier molecular flexibility index (Phi) is 4.67. The quantitative estimate of drug-likeness (QED) is 0.355. The van der Waals surface area contributed by atoms with Gasteiger partial charge in [0.2, 0.25) is 5.91 Å². The molecule has 0 aliphatic carbocycles. The Hall–Kier alpha value is -4.11. The van der Waals surface area contributed by atoms with Crippen LogP contribution < -0.4 is 9.96 Å². The second kappa shape index (κ2) is 7.54. The third-order valence-corrected chi connectivity index (χ3v) is 5.75. The lowest BCUT2D eigenvalue weighted by Gasteiger charge is -2.28. The minimum Gasteiger partial charge on any atom is -0.273 e. The highest BCUT2D eigenvalue weighted by Gasteiger charge is 2.60. The van der Waals surface area contributed by atoms with Crippen LogP contribution in [-0.2, 0) is 14.4 Å². The molecule has 0 unspecified atom stereocenters. The zero-order valence-corrected chi connectivity index (χ0v) is 17.0. The molecule has 0 bridgehead atoms. The van der Waals surface area contributed by atoms with Gasteiger partial charge in [0.1, 0.15) is 5.92 Å². The number of hydrogen-bond donors (Lipinski definition) is 0. The third-order valence-electron chi connectivity index (χ3n) is 5.75. The molecule has 9 heteroatoms. The maximum atomic E-state index is 13.5. The van der Waals surface area contributed by atoms with Gasteiger partial charge in [-0.1, -0.05) is 23.8 Å². The summed E-state index contributed by atoms with van der Waals surface area (Å²) >= 11 is 0. The van der Waals surface area contributed by atoms with Crippen LogP contribution >= 0.6 is 0 Å². The van der Waals surface area contributed by atoms with Crippen molar-refractivity contribution >= 4 is 28.9 Å². The lowest BCUT2D eigenvalue weighted by atomic mass is 9.91. The molecule has 160 valence electrons. The SMILES string of the molecule is Cc1ccc(N2C(=O)[C@H]3[C@@H](c4ccncc4)N(c4cccc([N+](=O)[O-])c4)O[C@H]3C2=O)cc1. The van der Waals surface area contributed by atoms with E-state index in [0.29, 0.717) is 16.9 Å². The molecule has 2 aliphatic rings. The van der Waals surface area contributed by atoms with Crippen molar-refractivity contribution in [2.24, 2.45) is 5.92 Å². The number of amides is 2. The summed E-state index contributed by atoms with van der Waals surface area (Å²) in [7, 11) is 0. The normalized spacial score (nSPS) is 22.3. The maximum Gasteiger partial charge on any atom is 0.271 e.